The van der Waals surface area contributed by atoms with Gasteiger partial charge in [0, 0.05) is 28.7 Å². The van der Waals surface area contributed by atoms with E-state index in [-0.39, 0.29) is 5.78 Å². The van der Waals surface area contributed by atoms with E-state index < -0.39 is 5.82 Å². The lowest BCUT2D eigenvalue weighted by Gasteiger charge is -2.29. The number of anilines is 1. The van der Waals surface area contributed by atoms with Crippen LogP contribution in [0.3, 0.4) is 0 Å². The SMILES string of the molecule is O=C(/C=C\c1ccc(-c2ccccc2Br)o1)c1ccc(N2CCOCC2)c(F)c1. The highest BCUT2D eigenvalue weighted by Crippen LogP contribution is 2.29. The molecule has 0 amide bonds. The number of rotatable bonds is 5. The number of carbonyl (C=O) groups is 1. The van der Waals surface area contributed by atoms with E-state index in [1.165, 1.54) is 12.1 Å². The Morgan fingerprint density at radius 3 is 2.62 bits per heavy atom. The summed E-state index contributed by atoms with van der Waals surface area (Å²) in [4.78, 5) is 14.4. The van der Waals surface area contributed by atoms with Gasteiger partial charge in [-0.15, -0.1) is 0 Å². The lowest BCUT2D eigenvalue weighted by Crippen LogP contribution is -2.36. The van der Waals surface area contributed by atoms with Crippen molar-refractivity contribution >= 4 is 33.5 Å². The molecule has 29 heavy (non-hydrogen) atoms. The number of halogens is 2. The van der Waals surface area contributed by atoms with Crippen molar-refractivity contribution in [3.63, 3.8) is 0 Å². The van der Waals surface area contributed by atoms with Crippen LogP contribution in [0, 0.1) is 5.82 Å². The highest BCUT2D eigenvalue weighted by Gasteiger charge is 2.16. The number of hydrogen-bond acceptors (Lipinski definition) is 4. The van der Waals surface area contributed by atoms with Gasteiger partial charge in [0.25, 0.3) is 0 Å². The largest absolute Gasteiger partial charge is 0.457 e. The molecule has 0 unspecified atom stereocenters. The van der Waals surface area contributed by atoms with Gasteiger partial charge in [-0.2, -0.15) is 0 Å². The van der Waals surface area contributed by atoms with E-state index in [1.54, 1.807) is 24.3 Å². The molecule has 2 aromatic carbocycles. The minimum atomic E-state index is -0.402. The van der Waals surface area contributed by atoms with Gasteiger partial charge < -0.3 is 14.1 Å². The van der Waals surface area contributed by atoms with Gasteiger partial charge in [-0.25, -0.2) is 4.39 Å². The zero-order valence-electron chi connectivity index (χ0n) is 15.6. The van der Waals surface area contributed by atoms with E-state index in [4.69, 9.17) is 9.15 Å². The van der Waals surface area contributed by atoms with Gasteiger partial charge in [-0.05, 0) is 48.6 Å². The summed E-state index contributed by atoms with van der Waals surface area (Å²) in [5, 5.41) is 0. The van der Waals surface area contributed by atoms with Crippen LogP contribution in [0.15, 0.2) is 69.6 Å². The van der Waals surface area contributed by atoms with Crippen LogP contribution in [-0.2, 0) is 4.74 Å². The van der Waals surface area contributed by atoms with E-state index in [0.29, 0.717) is 49.1 Å². The highest BCUT2D eigenvalue weighted by molar-refractivity contribution is 9.10. The minimum absolute atomic E-state index is 0.281. The number of ketones is 1. The zero-order valence-corrected chi connectivity index (χ0v) is 17.2. The Morgan fingerprint density at radius 2 is 1.86 bits per heavy atom. The first-order valence-corrected chi connectivity index (χ1v) is 10.1. The summed E-state index contributed by atoms with van der Waals surface area (Å²) in [5.41, 5.74) is 1.73. The molecule has 0 N–H and O–H groups in total. The van der Waals surface area contributed by atoms with Crippen molar-refractivity contribution < 1.29 is 18.3 Å². The van der Waals surface area contributed by atoms with Crippen molar-refractivity contribution in [2.24, 2.45) is 0 Å². The third-order valence-electron chi connectivity index (χ3n) is 4.75. The molecule has 1 aliphatic rings. The Balaban J connectivity index is 1.47. The number of hydrogen-bond donors (Lipinski definition) is 0. The zero-order chi connectivity index (χ0) is 20.2. The Bertz CT molecular complexity index is 1050. The molecule has 148 valence electrons. The number of allylic oxidation sites excluding steroid dienone is 1. The van der Waals surface area contributed by atoms with Crippen LogP contribution in [0.1, 0.15) is 16.1 Å². The van der Waals surface area contributed by atoms with Crippen molar-refractivity contribution in [3.05, 3.63) is 82.3 Å². The Kier molecular flexibility index (Phi) is 5.92. The maximum atomic E-state index is 14.5. The topological polar surface area (TPSA) is 42.7 Å². The molecule has 0 saturated carbocycles. The van der Waals surface area contributed by atoms with Crippen LogP contribution >= 0.6 is 15.9 Å². The summed E-state index contributed by atoms with van der Waals surface area (Å²) in [7, 11) is 0. The van der Waals surface area contributed by atoms with E-state index in [1.807, 2.05) is 35.2 Å². The molecule has 1 aliphatic heterocycles. The third kappa shape index (κ3) is 4.49. The second-order valence-electron chi connectivity index (χ2n) is 6.65. The number of benzene rings is 2. The standard InChI is InChI=1S/C23H19BrFNO3/c24-19-4-2-1-3-18(19)23-10-7-17(29-23)6-9-22(27)16-5-8-21(20(25)15-16)26-11-13-28-14-12-26/h1-10,15H,11-14H2/b9-6-. The molecule has 0 spiro atoms. The fourth-order valence-corrected chi connectivity index (χ4v) is 3.70. The van der Waals surface area contributed by atoms with E-state index in [9.17, 15) is 9.18 Å². The number of carbonyl (C=O) groups excluding carboxylic acids is 1. The fourth-order valence-electron chi connectivity index (χ4n) is 3.22. The van der Waals surface area contributed by atoms with Crippen LogP contribution in [-0.4, -0.2) is 32.1 Å². The first-order chi connectivity index (χ1) is 14.1. The number of morpholine rings is 1. The predicted octanol–water partition coefficient (Wildman–Crippen LogP) is 5.58. The molecular formula is C23H19BrFNO3. The molecule has 1 saturated heterocycles. The summed E-state index contributed by atoms with van der Waals surface area (Å²) in [6, 6.07) is 16.0. The average molecular weight is 456 g/mol. The molecular weight excluding hydrogens is 437 g/mol. The van der Waals surface area contributed by atoms with Gasteiger partial charge in [-0.1, -0.05) is 34.1 Å². The lowest BCUT2D eigenvalue weighted by molar-refractivity contribution is 0.104. The lowest BCUT2D eigenvalue weighted by atomic mass is 10.1. The smallest absolute Gasteiger partial charge is 0.186 e. The van der Waals surface area contributed by atoms with E-state index >= 15 is 0 Å². The summed E-state index contributed by atoms with van der Waals surface area (Å²) in [6.45, 7) is 2.44. The van der Waals surface area contributed by atoms with Crippen LogP contribution in [0.4, 0.5) is 10.1 Å². The first-order valence-electron chi connectivity index (χ1n) is 9.31. The fraction of sp³-hybridized carbons (Fsp3) is 0.174. The first kappa shape index (κ1) is 19.6. The maximum absolute atomic E-state index is 14.5. The van der Waals surface area contributed by atoms with Crippen LogP contribution < -0.4 is 4.90 Å². The Hall–Kier alpha value is -2.70. The van der Waals surface area contributed by atoms with Gasteiger partial charge in [0.15, 0.2) is 5.78 Å². The molecule has 4 rings (SSSR count). The highest BCUT2D eigenvalue weighted by atomic mass is 79.9. The second-order valence-corrected chi connectivity index (χ2v) is 7.50. The number of ether oxygens (including phenoxy) is 1. The van der Waals surface area contributed by atoms with Crippen LogP contribution in [0.5, 0.6) is 0 Å². The second kappa shape index (κ2) is 8.76. The third-order valence-corrected chi connectivity index (χ3v) is 5.44. The van der Waals surface area contributed by atoms with Crippen molar-refractivity contribution in [2.75, 3.05) is 31.2 Å². The molecule has 1 fully saturated rings. The Morgan fingerprint density at radius 1 is 1.07 bits per heavy atom. The normalized spacial score (nSPS) is 14.5. The average Bonchev–Trinajstić information content (AvgIpc) is 3.21. The maximum Gasteiger partial charge on any atom is 0.186 e. The van der Waals surface area contributed by atoms with Crippen molar-refractivity contribution in [2.45, 2.75) is 0 Å². The summed E-state index contributed by atoms with van der Waals surface area (Å²) in [6.07, 6.45) is 2.99. The van der Waals surface area contributed by atoms with E-state index in [0.717, 1.165) is 10.0 Å². The van der Waals surface area contributed by atoms with Crippen molar-refractivity contribution in [1.82, 2.24) is 0 Å². The predicted molar refractivity (Wildman–Crippen MR) is 115 cm³/mol. The minimum Gasteiger partial charge on any atom is -0.457 e. The van der Waals surface area contributed by atoms with Crippen LogP contribution in [0.2, 0.25) is 0 Å². The van der Waals surface area contributed by atoms with E-state index in [2.05, 4.69) is 15.9 Å². The number of furan rings is 1. The molecule has 0 bridgehead atoms. The van der Waals surface area contributed by atoms with Crippen LogP contribution in [0.25, 0.3) is 17.4 Å². The van der Waals surface area contributed by atoms with Gasteiger partial charge in [-0.3, -0.25) is 4.79 Å². The quantitative estimate of drug-likeness (QED) is 0.371. The summed E-state index contributed by atoms with van der Waals surface area (Å²) < 4.78 is 26.5. The Labute approximate surface area is 176 Å². The van der Waals surface area contributed by atoms with Gasteiger partial charge >= 0.3 is 0 Å². The van der Waals surface area contributed by atoms with Crippen molar-refractivity contribution in [1.29, 1.82) is 0 Å². The van der Waals surface area contributed by atoms with Crippen molar-refractivity contribution in [3.8, 4) is 11.3 Å². The number of nitrogens with zero attached hydrogens (tertiary/aromatic N) is 1. The molecule has 0 radical (unpaired) electrons. The molecule has 4 nitrogen and oxygen atoms in total. The molecule has 3 aromatic rings. The van der Waals surface area contributed by atoms with Gasteiger partial charge in [0.1, 0.15) is 17.3 Å². The summed E-state index contributed by atoms with van der Waals surface area (Å²) in [5.74, 6) is 0.566. The summed E-state index contributed by atoms with van der Waals surface area (Å²) >= 11 is 3.50. The molecule has 6 heteroatoms. The monoisotopic (exact) mass is 455 g/mol. The molecule has 1 aromatic heterocycles. The molecule has 0 atom stereocenters. The van der Waals surface area contributed by atoms with Gasteiger partial charge in [0.05, 0.1) is 18.9 Å². The molecule has 2 heterocycles. The van der Waals surface area contributed by atoms with Gasteiger partial charge in [0.2, 0.25) is 0 Å². The molecule has 0 aliphatic carbocycles.